The summed E-state index contributed by atoms with van der Waals surface area (Å²) in [4.78, 5) is 27.6. The first kappa shape index (κ1) is 16.6. The van der Waals surface area contributed by atoms with Crippen molar-refractivity contribution < 1.29 is 24.2 Å². The second kappa shape index (κ2) is 7.10. The first-order valence-corrected chi connectivity index (χ1v) is 7.90. The Kier molecular flexibility index (Phi) is 4.71. The molecule has 126 valence electrons. The number of hydrogen-bond donors (Lipinski definition) is 3. The summed E-state index contributed by atoms with van der Waals surface area (Å²) >= 11 is 1.13. The minimum atomic E-state index is -1.26. The van der Waals surface area contributed by atoms with E-state index in [9.17, 15) is 14.7 Å². The fourth-order valence-corrected chi connectivity index (χ4v) is 2.79. The molecule has 2 heterocycles. The predicted octanol–water partition coefficient (Wildman–Crippen LogP) is 3.13. The van der Waals surface area contributed by atoms with Crippen LogP contribution in [0.3, 0.4) is 0 Å². The molecule has 0 saturated carbocycles. The highest BCUT2D eigenvalue weighted by Gasteiger charge is 2.23. The van der Waals surface area contributed by atoms with Crippen molar-refractivity contribution in [1.29, 1.82) is 0 Å². The van der Waals surface area contributed by atoms with Crippen LogP contribution in [0.2, 0.25) is 0 Å². The van der Waals surface area contributed by atoms with Crippen molar-refractivity contribution in [1.82, 2.24) is 5.32 Å². The summed E-state index contributed by atoms with van der Waals surface area (Å²) in [5.41, 5.74) is 0.0543. The summed E-state index contributed by atoms with van der Waals surface area (Å²) in [6, 6.07) is 7.48. The van der Waals surface area contributed by atoms with E-state index in [0.29, 0.717) is 21.5 Å². The van der Waals surface area contributed by atoms with Crippen LogP contribution in [0, 0.1) is 0 Å². The molecule has 1 aliphatic heterocycles. The maximum Gasteiger partial charge on any atom is 0.339 e. The van der Waals surface area contributed by atoms with Gasteiger partial charge in [0.1, 0.15) is 17.1 Å². The van der Waals surface area contributed by atoms with Crippen LogP contribution in [-0.2, 0) is 4.79 Å². The Hall–Kier alpha value is -3.26. The van der Waals surface area contributed by atoms with Crippen molar-refractivity contribution in [2.24, 2.45) is 4.99 Å². The van der Waals surface area contributed by atoms with Gasteiger partial charge in [0.25, 0.3) is 5.91 Å². The van der Waals surface area contributed by atoms with Crippen LogP contribution in [0.25, 0.3) is 6.08 Å². The molecule has 0 atom stereocenters. The quantitative estimate of drug-likeness (QED) is 0.726. The second-order valence-electron chi connectivity index (χ2n) is 4.89. The lowest BCUT2D eigenvalue weighted by Gasteiger charge is -2.01. The van der Waals surface area contributed by atoms with Gasteiger partial charge in [0, 0.05) is 0 Å². The molecule has 1 saturated heterocycles. The number of aliphatic imine (C=N–C) groups is 1. The standard InChI is InChI=1S/C17H12N2O5S/c20-13-7-6-10(9-12(13)16(22)23)18-17-19-15(21)14(25-17)5-1-3-11-4-2-8-24-11/h1-9,20H,(H,22,23)(H,18,19,21)/b3-1+,14-5+. The number of thioether (sulfide) groups is 1. The van der Waals surface area contributed by atoms with Crippen LogP contribution in [0.5, 0.6) is 5.75 Å². The van der Waals surface area contributed by atoms with Crippen LogP contribution in [0.1, 0.15) is 16.1 Å². The van der Waals surface area contributed by atoms with Gasteiger partial charge in [-0.2, -0.15) is 0 Å². The number of allylic oxidation sites excluding steroid dienone is 2. The third-order valence-corrected chi connectivity index (χ3v) is 4.07. The summed E-state index contributed by atoms with van der Waals surface area (Å²) in [6.07, 6.45) is 6.59. The van der Waals surface area contributed by atoms with E-state index in [1.807, 2.05) is 0 Å². The van der Waals surface area contributed by atoms with Crippen molar-refractivity contribution in [3.8, 4) is 5.75 Å². The highest BCUT2D eigenvalue weighted by Crippen LogP contribution is 2.28. The number of rotatable bonds is 4. The van der Waals surface area contributed by atoms with Crippen molar-refractivity contribution in [3.63, 3.8) is 0 Å². The minimum Gasteiger partial charge on any atom is -0.507 e. The number of carboxylic acids is 1. The number of nitrogens with one attached hydrogen (secondary N) is 1. The largest absolute Gasteiger partial charge is 0.507 e. The number of aromatic hydroxyl groups is 1. The molecule has 2 aromatic rings. The van der Waals surface area contributed by atoms with E-state index in [1.165, 1.54) is 18.2 Å². The smallest absolute Gasteiger partial charge is 0.339 e. The topological polar surface area (TPSA) is 112 Å². The zero-order chi connectivity index (χ0) is 17.8. The Balaban J connectivity index is 1.77. The molecule has 8 heteroatoms. The number of nitrogens with zero attached hydrogens (tertiary/aromatic N) is 1. The van der Waals surface area contributed by atoms with Crippen molar-refractivity contribution in [3.05, 3.63) is 65.0 Å². The van der Waals surface area contributed by atoms with Crippen molar-refractivity contribution in [2.45, 2.75) is 0 Å². The summed E-state index contributed by atoms with van der Waals surface area (Å²) in [7, 11) is 0. The zero-order valence-electron chi connectivity index (χ0n) is 12.7. The third kappa shape index (κ3) is 3.99. The fraction of sp³-hybridized carbons (Fsp3) is 0. The third-order valence-electron chi connectivity index (χ3n) is 3.14. The molecule has 0 unspecified atom stereocenters. The van der Waals surface area contributed by atoms with E-state index >= 15 is 0 Å². The normalized spacial score (nSPS) is 17.5. The van der Waals surface area contributed by atoms with Crippen molar-refractivity contribution in [2.75, 3.05) is 0 Å². The molecule has 1 amide bonds. The van der Waals surface area contributed by atoms with Gasteiger partial charge in [-0.25, -0.2) is 9.79 Å². The van der Waals surface area contributed by atoms with Gasteiger partial charge in [-0.1, -0.05) is 6.08 Å². The molecule has 0 radical (unpaired) electrons. The summed E-state index contributed by atoms with van der Waals surface area (Å²) in [5.74, 6) is -1.24. The average Bonchev–Trinajstić information content (AvgIpc) is 3.19. The zero-order valence-corrected chi connectivity index (χ0v) is 13.5. The number of carboxylic acid groups (broad SMARTS) is 1. The van der Waals surface area contributed by atoms with Crippen LogP contribution in [0.4, 0.5) is 5.69 Å². The number of amides is 1. The molecule has 1 aliphatic rings. The van der Waals surface area contributed by atoms with Crippen LogP contribution in [-0.4, -0.2) is 27.3 Å². The molecule has 3 N–H and O–H groups in total. The first-order chi connectivity index (χ1) is 12.0. The fourth-order valence-electron chi connectivity index (χ4n) is 1.99. The average molecular weight is 356 g/mol. The number of carbonyl (C=O) groups excluding carboxylic acids is 1. The van der Waals surface area contributed by atoms with E-state index in [1.54, 1.807) is 36.6 Å². The van der Waals surface area contributed by atoms with E-state index in [-0.39, 0.29) is 17.2 Å². The molecule has 1 aromatic carbocycles. The second-order valence-corrected chi connectivity index (χ2v) is 5.92. The summed E-state index contributed by atoms with van der Waals surface area (Å²) < 4.78 is 5.15. The van der Waals surface area contributed by atoms with Crippen LogP contribution >= 0.6 is 11.8 Å². The lowest BCUT2D eigenvalue weighted by atomic mass is 10.2. The molecule has 0 aliphatic carbocycles. The van der Waals surface area contributed by atoms with Gasteiger partial charge in [0.05, 0.1) is 16.9 Å². The Bertz CT molecular complexity index is 913. The maximum atomic E-state index is 11.9. The number of aromatic carboxylic acids is 1. The lowest BCUT2D eigenvalue weighted by Crippen LogP contribution is -2.19. The number of amidine groups is 1. The number of phenols is 1. The Morgan fingerprint density at radius 3 is 2.88 bits per heavy atom. The lowest BCUT2D eigenvalue weighted by molar-refractivity contribution is -0.115. The van der Waals surface area contributed by atoms with E-state index in [4.69, 9.17) is 9.52 Å². The predicted molar refractivity (Wildman–Crippen MR) is 93.7 cm³/mol. The Morgan fingerprint density at radius 1 is 1.32 bits per heavy atom. The van der Waals surface area contributed by atoms with Gasteiger partial charge >= 0.3 is 5.97 Å². The molecular formula is C17H12N2O5S. The molecule has 0 spiro atoms. The molecule has 25 heavy (non-hydrogen) atoms. The highest BCUT2D eigenvalue weighted by atomic mass is 32.2. The molecule has 3 rings (SSSR count). The number of carbonyl (C=O) groups is 2. The maximum absolute atomic E-state index is 11.9. The van der Waals surface area contributed by atoms with E-state index < -0.39 is 5.97 Å². The van der Waals surface area contributed by atoms with E-state index in [2.05, 4.69) is 10.3 Å². The van der Waals surface area contributed by atoms with Gasteiger partial charge in [-0.05, 0) is 54.2 Å². The molecular weight excluding hydrogens is 344 g/mol. The van der Waals surface area contributed by atoms with E-state index in [0.717, 1.165) is 11.8 Å². The number of benzene rings is 1. The minimum absolute atomic E-state index is 0.256. The summed E-state index contributed by atoms with van der Waals surface area (Å²) in [6.45, 7) is 0. The monoisotopic (exact) mass is 356 g/mol. The van der Waals surface area contributed by atoms with Crippen molar-refractivity contribution >= 4 is 40.6 Å². The van der Waals surface area contributed by atoms with Gasteiger partial charge in [0.2, 0.25) is 0 Å². The van der Waals surface area contributed by atoms with Gasteiger partial charge in [-0.15, -0.1) is 0 Å². The molecule has 1 aromatic heterocycles. The molecule has 7 nitrogen and oxygen atoms in total. The SMILES string of the molecule is O=C1NC(=Nc2ccc(O)c(C(=O)O)c2)S/C1=C/C=C/c1ccco1. The Labute approximate surface area is 146 Å². The van der Waals surface area contributed by atoms with Crippen LogP contribution in [0.15, 0.2) is 63.1 Å². The molecule has 0 bridgehead atoms. The Morgan fingerprint density at radius 2 is 2.16 bits per heavy atom. The number of furan rings is 1. The highest BCUT2D eigenvalue weighted by molar-refractivity contribution is 8.18. The number of hydrogen-bond acceptors (Lipinski definition) is 6. The molecule has 1 fully saturated rings. The van der Waals surface area contributed by atoms with Gasteiger partial charge < -0.3 is 19.9 Å². The van der Waals surface area contributed by atoms with Gasteiger partial charge in [0.15, 0.2) is 5.17 Å². The van der Waals surface area contributed by atoms with Gasteiger partial charge in [-0.3, -0.25) is 4.79 Å². The van der Waals surface area contributed by atoms with Crippen LogP contribution < -0.4 is 5.32 Å². The summed E-state index contributed by atoms with van der Waals surface area (Å²) in [5, 5.41) is 21.4. The first-order valence-electron chi connectivity index (χ1n) is 7.09.